The molecule has 0 radical (unpaired) electrons. The molecule has 0 aromatic carbocycles. The molecule has 6 nitrogen and oxygen atoms in total. The summed E-state index contributed by atoms with van der Waals surface area (Å²) in [6.45, 7) is 1.44. The van der Waals surface area contributed by atoms with E-state index in [1.807, 2.05) is 0 Å². The molecule has 2 aliphatic rings. The number of alkyl halides is 2. The number of piperidine rings is 1. The van der Waals surface area contributed by atoms with Crippen LogP contribution in [0, 0.1) is 5.41 Å². The van der Waals surface area contributed by atoms with Gasteiger partial charge in [0.15, 0.2) is 0 Å². The van der Waals surface area contributed by atoms with E-state index in [-0.39, 0.29) is 23.8 Å². The zero-order valence-corrected chi connectivity index (χ0v) is 14.2. The normalized spacial score (nSPS) is 18.5. The van der Waals surface area contributed by atoms with Crippen molar-refractivity contribution < 1.29 is 18.4 Å². The molecule has 3 heterocycles. The average molecular weight is 362 g/mol. The van der Waals surface area contributed by atoms with Crippen molar-refractivity contribution in [2.45, 2.75) is 32.1 Å². The van der Waals surface area contributed by atoms with E-state index >= 15 is 0 Å². The molecule has 26 heavy (non-hydrogen) atoms. The number of amides is 2. The third-order valence-electron chi connectivity index (χ3n) is 5.53. The molecule has 2 N–H and O–H groups in total. The van der Waals surface area contributed by atoms with Crippen LogP contribution in [0.3, 0.4) is 0 Å². The number of hydrogen-bond acceptors (Lipinski definition) is 3. The van der Waals surface area contributed by atoms with Crippen LogP contribution in [0.5, 0.6) is 0 Å². The predicted molar refractivity (Wildman–Crippen MR) is 90.9 cm³/mol. The summed E-state index contributed by atoms with van der Waals surface area (Å²) in [6.07, 6.45) is 3.26. The van der Waals surface area contributed by atoms with E-state index in [0.717, 1.165) is 25.9 Å². The molecule has 1 aliphatic carbocycles. The molecule has 2 fully saturated rings. The molecular weight excluding hydrogens is 342 g/mol. The second-order valence-electron chi connectivity index (χ2n) is 7.24. The van der Waals surface area contributed by atoms with Gasteiger partial charge in [-0.2, -0.15) is 0 Å². The van der Waals surface area contributed by atoms with E-state index < -0.39 is 12.3 Å². The minimum Gasteiger partial charge on any atom is -0.349 e. The van der Waals surface area contributed by atoms with E-state index in [0.29, 0.717) is 16.3 Å². The van der Waals surface area contributed by atoms with Gasteiger partial charge in [0.05, 0.1) is 18.3 Å². The van der Waals surface area contributed by atoms with E-state index in [1.54, 1.807) is 4.90 Å². The smallest absolute Gasteiger partial charge is 0.280 e. The SMILES string of the molecule is O=C(NCC(=O)N1CCC2(CC1)CC2)c1cc2cc(C(F)F)ncc2[nH]1. The van der Waals surface area contributed by atoms with Crippen LogP contribution in [-0.2, 0) is 4.79 Å². The molecule has 1 saturated heterocycles. The molecule has 1 spiro atoms. The lowest BCUT2D eigenvalue weighted by molar-refractivity contribution is -0.131. The number of H-pyrrole nitrogens is 1. The van der Waals surface area contributed by atoms with Gasteiger partial charge in [-0.1, -0.05) is 0 Å². The molecule has 1 aliphatic heterocycles. The second-order valence-corrected chi connectivity index (χ2v) is 7.24. The first-order valence-corrected chi connectivity index (χ1v) is 8.79. The number of rotatable bonds is 4. The maximum Gasteiger partial charge on any atom is 0.280 e. The van der Waals surface area contributed by atoms with Crippen LogP contribution in [0.2, 0.25) is 0 Å². The van der Waals surface area contributed by atoms with Gasteiger partial charge in [-0.25, -0.2) is 8.78 Å². The number of likely N-dealkylation sites (tertiary alicyclic amines) is 1. The summed E-state index contributed by atoms with van der Waals surface area (Å²) in [6, 6.07) is 2.74. The van der Waals surface area contributed by atoms with Crippen molar-refractivity contribution in [2.75, 3.05) is 19.6 Å². The number of fused-ring (bicyclic) bond motifs is 1. The highest BCUT2D eigenvalue weighted by molar-refractivity contribution is 5.99. The Bertz CT molecular complexity index is 850. The van der Waals surface area contributed by atoms with Gasteiger partial charge >= 0.3 is 0 Å². The van der Waals surface area contributed by atoms with Crippen molar-refractivity contribution in [1.29, 1.82) is 0 Å². The molecule has 1 saturated carbocycles. The standard InChI is InChI=1S/C18H20F2N4O2/c19-16(20)12-7-11-8-13(23-14(11)9-21-12)17(26)22-10-15(25)24-5-3-18(1-2-18)4-6-24/h7-9,16,23H,1-6,10H2,(H,22,26). The van der Waals surface area contributed by atoms with E-state index in [4.69, 9.17) is 0 Å². The first kappa shape index (κ1) is 16.9. The number of carbonyl (C=O) groups is 2. The Labute approximate surface area is 149 Å². The van der Waals surface area contributed by atoms with E-state index in [1.165, 1.54) is 31.2 Å². The summed E-state index contributed by atoms with van der Waals surface area (Å²) in [7, 11) is 0. The molecule has 0 atom stereocenters. The van der Waals surface area contributed by atoms with Crippen LogP contribution in [0.4, 0.5) is 8.78 Å². The minimum atomic E-state index is -2.66. The van der Waals surface area contributed by atoms with E-state index in [2.05, 4.69) is 15.3 Å². The number of aromatic amines is 1. The topological polar surface area (TPSA) is 78.1 Å². The van der Waals surface area contributed by atoms with Crippen LogP contribution in [-0.4, -0.2) is 46.3 Å². The Kier molecular flexibility index (Phi) is 4.13. The highest BCUT2D eigenvalue weighted by Crippen LogP contribution is 2.53. The van der Waals surface area contributed by atoms with Crippen molar-refractivity contribution >= 4 is 22.7 Å². The highest BCUT2D eigenvalue weighted by Gasteiger charge is 2.44. The fourth-order valence-corrected chi connectivity index (χ4v) is 3.56. The van der Waals surface area contributed by atoms with Gasteiger partial charge in [0.25, 0.3) is 12.3 Å². The van der Waals surface area contributed by atoms with Gasteiger partial charge < -0.3 is 15.2 Å². The summed E-state index contributed by atoms with van der Waals surface area (Å²) in [5, 5.41) is 3.08. The number of halogens is 2. The summed E-state index contributed by atoms with van der Waals surface area (Å²) in [5.41, 5.74) is 0.876. The number of hydrogen-bond donors (Lipinski definition) is 2. The van der Waals surface area contributed by atoms with Crippen LogP contribution >= 0.6 is 0 Å². The zero-order chi connectivity index (χ0) is 18.3. The molecule has 2 aromatic rings. The minimum absolute atomic E-state index is 0.0677. The highest BCUT2D eigenvalue weighted by atomic mass is 19.3. The Morgan fingerprint density at radius 3 is 2.62 bits per heavy atom. The predicted octanol–water partition coefficient (Wildman–Crippen LogP) is 2.63. The Morgan fingerprint density at radius 2 is 1.96 bits per heavy atom. The van der Waals surface area contributed by atoms with Gasteiger partial charge in [-0.3, -0.25) is 14.6 Å². The number of pyridine rings is 1. The largest absolute Gasteiger partial charge is 0.349 e. The fourth-order valence-electron chi connectivity index (χ4n) is 3.56. The summed E-state index contributed by atoms with van der Waals surface area (Å²) in [5.74, 6) is -0.532. The van der Waals surface area contributed by atoms with Crippen molar-refractivity contribution in [2.24, 2.45) is 5.41 Å². The van der Waals surface area contributed by atoms with Crippen molar-refractivity contribution in [3.8, 4) is 0 Å². The Morgan fingerprint density at radius 1 is 1.23 bits per heavy atom. The molecule has 0 bridgehead atoms. The van der Waals surface area contributed by atoms with Crippen LogP contribution in [0.15, 0.2) is 18.3 Å². The molecular formula is C18H20F2N4O2. The van der Waals surface area contributed by atoms with Gasteiger partial charge in [0.1, 0.15) is 11.4 Å². The van der Waals surface area contributed by atoms with Crippen LogP contribution in [0.25, 0.3) is 10.9 Å². The first-order valence-electron chi connectivity index (χ1n) is 8.79. The maximum absolute atomic E-state index is 12.7. The average Bonchev–Trinajstić information content (AvgIpc) is 3.24. The summed E-state index contributed by atoms with van der Waals surface area (Å²) in [4.78, 5) is 32.8. The van der Waals surface area contributed by atoms with E-state index in [9.17, 15) is 18.4 Å². The lowest BCUT2D eigenvalue weighted by Crippen LogP contribution is -2.44. The fraction of sp³-hybridized carbons (Fsp3) is 0.500. The first-order chi connectivity index (χ1) is 12.5. The second kappa shape index (κ2) is 6.34. The van der Waals surface area contributed by atoms with Crippen LogP contribution in [0.1, 0.15) is 48.3 Å². The third kappa shape index (κ3) is 3.27. The molecule has 2 aromatic heterocycles. The van der Waals surface area contributed by atoms with Gasteiger partial charge in [0, 0.05) is 18.5 Å². The number of nitrogens with one attached hydrogen (secondary N) is 2. The summed E-state index contributed by atoms with van der Waals surface area (Å²) < 4.78 is 25.4. The Hall–Kier alpha value is -2.51. The molecule has 0 unspecified atom stereocenters. The van der Waals surface area contributed by atoms with Gasteiger partial charge in [-0.15, -0.1) is 0 Å². The summed E-state index contributed by atoms with van der Waals surface area (Å²) >= 11 is 0. The molecule has 138 valence electrons. The quantitative estimate of drug-likeness (QED) is 0.878. The molecule has 4 rings (SSSR count). The lowest BCUT2D eigenvalue weighted by atomic mass is 9.94. The van der Waals surface area contributed by atoms with Gasteiger partial charge in [0.2, 0.25) is 5.91 Å². The van der Waals surface area contributed by atoms with Crippen LogP contribution < -0.4 is 5.32 Å². The van der Waals surface area contributed by atoms with Crippen molar-refractivity contribution in [3.63, 3.8) is 0 Å². The number of carbonyl (C=O) groups excluding carboxylic acids is 2. The van der Waals surface area contributed by atoms with Crippen molar-refractivity contribution in [3.05, 3.63) is 29.7 Å². The van der Waals surface area contributed by atoms with Crippen molar-refractivity contribution in [1.82, 2.24) is 20.2 Å². The zero-order valence-electron chi connectivity index (χ0n) is 14.2. The Balaban J connectivity index is 1.35. The lowest BCUT2D eigenvalue weighted by Gasteiger charge is -2.32. The molecule has 8 heteroatoms. The monoisotopic (exact) mass is 362 g/mol. The maximum atomic E-state index is 12.7. The third-order valence-corrected chi connectivity index (χ3v) is 5.53. The number of aromatic nitrogens is 2. The van der Waals surface area contributed by atoms with Gasteiger partial charge in [-0.05, 0) is 43.2 Å². The number of nitrogens with zero attached hydrogens (tertiary/aromatic N) is 2. The molecule has 2 amide bonds.